The molecule has 4 nitrogen and oxygen atoms in total. The third kappa shape index (κ3) is 3.10. The van der Waals surface area contributed by atoms with Gasteiger partial charge in [-0.05, 0) is 33.3 Å². The number of carbonyl (C=O) groups excluding carboxylic acids is 1. The van der Waals surface area contributed by atoms with Crippen molar-refractivity contribution in [3.8, 4) is 0 Å². The first kappa shape index (κ1) is 14.8. The first-order valence-electron chi connectivity index (χ1n) is 6.79. The molecular formula is C15H21FN2O2. The van der Waals surface area contributed by atoms with Crippen molar-refractivity contribution < 1.29 is 13.9 Å². The van der Waals surface area contributed by atoms with Gasteiger partial charge in [0.2, 0.25) is 0 Å². The standard InChI is InChI=1S/C15H21FN2O2/c1-15(2,3)20-14(19)18-9-8-12(17)13(18)10-6-4-5-7-11(10)16/h4-7,12-13H,8-9,17H2,1-3H3/t12-,13-/m0/s1. The smallest absolute Gasteiger partial charge is 0.410 e. The predicted molar refractivity (Wildman–Crippen MR) is 74.7 cm³/mol. The Kier molecular flexibility index (Phi) is 3.99. The van der Waals surface area contributed by atoms with Gasteiger partial charge in [0.15, 0.2) is 0 Å². The number of likely N-dealkylation sites (tertiary alicyclic amines) is 1. The highest BCUT2D eigenvalue weighted by atomic mass is 19.1. The summed E-state index contributed by atoms with van der Waals surface area (Å²) in [4.78, 5) is 13.7. The summed E-state index contributed by atoms with van der Waals surface area (Å²) in [5.74, 6) is -0.344. The molecule has 0 aliphatic carbocycles. The minimum absolute atomic E-state index is 0.278. The number of rotatable bonds is 1. The Morgan fingerprint density at radius 3 is 2.65 bits per heavy atom. The van der Waals surface area contributed by atoms with E-state index >= 15 is 0 Å². The van der Waals surface area contributed by atoms with Crippen molar-refractivity contribution in [1.82, 2.24) is 4.90 Å². The molecule has 0 aromatic heterocycles. The SMILES string of the molecule is CC(C)(C)OC(=O)N1CC[C@H](N)[C@@H]1c1ccccc1F. The maximum Gasteiger partial charge on any atom is 0.410 e. The molecular weight excluding hydrogens is 259 g/mol. The first-order valence-corrected chi connectivity index (χ1v) is 6.79. The molecule has 2 rings (SSSR count). The number of carbonyl (C=O) groups is 1. The predicted octanol–water partition coefficient (Wildman–Crippen LogP) is 2.83. The van der Waals surface area contributed by atoms with Crippen LogP contribution in [0.25, 0.3) is 0 Å². The average molecular weight is 280 g/mol. The van der Waals surface area contributed by atoms with Crippen LogP contribution in [-0.2, 0) is 4.74 Å². The molecule has 0 unspecified atom stereocenters. The van der Waals surface area contributed by atoms with Crippen LogP contribution in [0, 0.1) is 5.82 Å². The Bertz CT molecular complexity index is 499. The molecule has 110 valence electrons. The Morgan fingerprint density at radius 1 is 1.40 bits per heavy atom. The van der Waals surface area contributed by atoms with E-state index in [0.29, 0.717) is 18.5 Å². The highest BCUT2D eigenvalue weighted by molar-refractivity contribution is 5.69. The van der Waals surface area contributed by atoms with Gasteiger partial charge >= 0.3 is 6.09 Å². The fourth-order valence-corrected chi connectivity index (χ4v) is 2.46. The summed E-state index contributed by atoms with van der Waals surface area (Å²) < 4.78 is 19.3. The lowest BCUT2D eigenvalue weighted by molar-refractivity contribution is 0.0216. The van der Waals surface area contributed by atoms with Gasteiger partial charge in [0.05, 0.1) is 6.04 Å². The van der Waals surface area contributed by atoms with Crippen molar-refractivity contribution in [3.05, 3.63) is 35.6 Å². The highest BCUT2D eigenvalue weighted by Gasteiger charge is 2.39. The zero-order valence-electron chi connectivity index (χ0n) is 12.1. The quantitative estimate of drug-likeness (QED) is 0.860. The molecule has 1 saturated heterocycles. The molecule has 0 saturated carbocycles. The second kappa shape index (κ2) is 5.40. The van der Waals surface area contributed by atoms with E-state index in [1.54, 1.807) is 39.0 Å². The molecule has 1 aliphatic heterocycles. The molecule has 0 radical (unpaired) electrons. The van der Waals surface area contributed by atoms with Crippen LogP contribution in [0.1, 0.15) is 38.8 Å². The van der Waals surface area contributed by atoms with Crippen molar-refractivity contribution in [2.45, 2.75) is 44.9 Å². The number of hydrogen-bond donors (Lipinski definition) is 1. The molecule has 1 aliphatic rings. The number of ether oxygens (including phenoxy) is 1. The Morgan fingerprint density at radius 2 is 2.05 bits per heavy atom. The Labute approximate surface area is 118 Å². The van der Waals surface area contributed by atoms with Crippen molar-refractivity contribution in [2.75, 3.05) is 6.54 Å². The molecule has 1 fully saturated rings. The van der Waals surface area contributed by atoms with Gasteiger partial charge in [-0.15, -0.1) is 0 Å². The van der Waals surface area contributed by atoms with Crippen LogP contribution in [0.4, 0.5) is 9.18 Å². The van der Waals surface area contributed by atoms with Gasteiger partial charge in [-0.3, -0.25) is 4.90 Å². The van der Waals surface area contributed by atoms with E-state index in [-0.39, 0.29) is 11.9 Å². The molecule has 1 amide bonds. The van der Waals surface area contributed by atoms with E-state index in [1.165, 1.54) is 11.0 Å². The van der Waals surface area contributed by atoms with E-state index in [2.05, 4.69) is 0 Å². The van der Waals surface area contributed by atoms with Crippen LogP contribution in [0.5, 0.6) is 0 Å². The second-order valence-corrected chi connectivity index (χ2v) is 6.09. The topological polar surface area (TPSA) is 55.6 Å². The lowest BCUT2D eigenvalue weighted by Crippen LogP contribution is -2.39. The van der Waals surface area contributed by atoms with Crippen molar-refractivity contribution in [2.24, 2.45) is 5.73 Å². The van der Waals surface area contributed by atoms with E-state index < -0.39 is 17.7 Å². The summed E-state index contributed by atoms with van der Waals surface area (Å²) in [6.07, 6.45) is 0.192. The van der Waals surface area contributed by atoms with Gasteiger partial charge in [-0.2, -0.15) is 0 Å². The number of nitrogens with two attached hydrogens (primary N) is 1. The lowest BCUT2D eigenvalue weighted by atomic mass is 10.0. The number of halogens is 1. The normalized spacial score (nSPS) is 22.9. The molecule has 20 heavy (non-hydrogen) atoms. The highest BCUT2D eigenvalue weighted by Crippen LogP contribution is 2.33. The van der Waals surface area contributed by atoms with Gasteiger partial charge in [-0.25, -0.2) is 9.18 Å². The largest absolute Gasteiger partial charge is 0.444 e. The third-order valence-corrected chi connectivity index (χ3v) is 3.30. The zero-order chi connectivity index (χ0) is 14.9. The van der Waals surface area contributed by atoms with Crippen LogP contribution in [0.15, 0.2) is 24.3 Å². The van der Waals surface area contributed by atoms with Crippen LogP contribution < -0.4 is 5.73 Å². The summed E-state index contributed by atoms with van der Waals surface area (Å²) in [5, 5.41) is 0. The van der Waals surface area contributed by atoms with Gasteiger partial charge < -0.3 is 10.5 Å². The molecule has 5 heteroatoms. The number of amides is 1. The molecule has 0 bridgehead atoms. The number of nitrogens with zero attached hydrogens (tertiary/aromatic N) is 1. The van der Waals surface area contributed by atoms with Crippen molar-refractivity contribution >= 4 is 6.09 Å². The summed E-state index contributed by atoms with van der Waals surface area (Å²) in [6, 6.07) is 5.68. The number of benzene rings is 1. The van der Waals surface area contributed by atoms with Crippen molar-refractivity contribution in [1.29, 1.82) is 0 Å². The average Bonchev–Trinajstić information content (AvgIpc) is 2.70. The minimum atomic E-state index is -0.580. The molecule has 0 spiro atoms. The van der Waals surface area contributed by atoms with Crippen molar-refractivity contribution in [3.63, 3.8) is 0 Å². The van der Waals surface area contributed by atoms with E-state index in [1.807, 2.05) is 0 Å². The van der Waals surface area contributed by atoms with Gasteiger partial charge in [0, 0.05) is 18.2 Å². The van der Waals surface area contributed by atoms with Gasteiger partial charge in [0.1, 0.15) is 11.4 Å². The monoisotopic (exact) mass is 280 g/mol. The fraction of sp³-hybridized carbons (Fsp3) is 0.533. The van der Waals surface area contributed by atoms with Gasteiger partial charge in [0.25, 0.3) is 0 Å². The molecule has 2 N–H and O–H groups in total. The van der Waals surface area contributed by atoms with Crippen LogP contribution in [0.2, 0.25) is 0 Å². The lowest BCUT2D eigenvalue weighted by Gasteiger charge is -2.30. The summed E-state index contributed by atoms with van der Waals surface area (Å²) in [6.45, 7) is 5.89. The fourth-order valence-electron chi connectivity index (χ4n) is 2.46. The Hall–Kier alpha value is -1.62. The zero-order valence-corrected chi connectivity index (χ0v) is 12.1. The summed E-state index contributed by atoms with van der Waals surface area (Å²) >= 11 is 0. The Balaban J connectivity index is 2.26. The molecule has 2 atom stereocenters. The first-order chi connectivity index (χ1) is 9.29. The van der Waals surface area contributed by atoms with Crippen LogP contribution in [-0.4, -0.2) is 29.2 Å². The van der Waals surface area contributed by atoms with Gasteiger partial charge in [-0.1, -0.05) is 18.2 Å². The second-order valence-electron chi connectivity index (χ2n) is 6.09. The van der Waals surface area contributed by atoms with E-state index in [4.69, 9.17) is 10.5 Å². The maximum absolute atomic E-state index is 14.0. The minimum Gasteiger partial charge on any atom is -0.444 e. The van der Waals surface area contributed by atoms with E-state index in [0.717, 1.165) is 0 Å². The summed E-state index contributed by atoms with van der Waals surface area (Å²) in [5.41, 5.74) is 5.92. The summed E-state index contributed by atoms with van der Waals surface area (Å²) in [7, 11) is 0. The molecule has 1 aromatic carbocycles. The maximum atomic E-state index is 14.0. The number of hydrogen-bond acceptors (Lipinski definition) is 3. The molecule has 1 heterocycles. The molecule has 1 aromatic rings. The van der Waals surface area contributed by atoms with E-state index in [9.17, 15) is 9.18 Å². The van der Waals surface area contributed by atoms with Crippen LogP contribution >= 0.6 is 0 Å². The van der Waals surface area contributed by atoms with Crippen LogP contribution in [0.3, 0.4) is 0 Å². The third-order valence-electron chi connectivity index (χ3n) is 3.30.